The minimum absolute atomic E-state index is 0.0114. The van der Waals surface area contributed by atoms with E-state index >= 15 is 0 Å². The van der Waals surface area contributed by atoms with Crippen LogP contribution in [0.15, 0.2) is 52.2 Å². The van der Waals surface area contributed by atoms with E-state index in [0.29, 0.717) is 27.6 Å². The molecule has 0 fully saturated rings. The maximum absolute atomic E-state index is 10.3. The molecule has 23 heavy (non-hydrogen) atoms. The highest BCUT2D eigenvalue weighted by molar-refractivity contribution is 5.87. The lowest BCUT2D eigenvalue weighted by molar-refractivity contribution is 0.408. The highest BCUT2D eigenvalue weighted by atomic mass is 16.5. The molecule has 0 saturated carbocycles. The fourth-order valence-corrected chi connectivity index (χ4v) is 2.45. The molecule has 3 aromatic rings. The normalized spacial score (nSPS) is 11.7. The van der Waals surface area contributed by atoms with E-state index < -0.39 is 0 Å². The lowest BCUT2D eigenvalue weighted by Gasteiger charge is -2.09. The average molecular weight is 312 g/mol. The zero-order chi connectivity index (χ0) is 16.4. The maximum Gasteiger partial charge on any atom is 0.143 e. The molecule has 0 bridgehead atoms. The van der Waals surface area contributed by atoms with Crippen molar-refractivity contribution in [3.63, 3.8) is 0 Å². The number of phenolic OH excluding ortho intramolecular Hbond substituents is 1. The van der Waals surface area contributed by atoms with Crippen LogP contribution in [0.25, 0.3) is 22.1 Å². The molecule has 3 N–H and O–H groups in total. The topological polar surface area (TPSA) is 90.2 Å². The van der Waals surface area contributed by atoms with Crippen molar-refractivity contribution >= 4 is 11.0 Å². The van der Waals surface area contributed by atoms with Crippen LogP contribution in [-0.4, -0.2) is 19.3 Å². The molecule has 0 amide bonds. The number of hydrogen-bond donors (Lipinski definition) is 2. The summed E-state index contributed by atoms with van der Waals surface area (Å²) in [6.45, 7) is 0. The molecule has 118 valence electrons. The first-order valence-corrected chi connectivity index (χ1v) is 6.88. The third kappa shape index (κ3) is 2.55. The first kappa shape index (κ1) is 14.8. The summed E-state index contributed by atoms with van der Waals surface area (Å²) in [4.78, 5) is 0. The predicted molar refractivity (Wildman–Crippen MR) is 86.2 cm³/mol. The molecule has 6 nitrogen and oxygen atoms in total. The third-order valence-corrected chi connectivity index (χ3v) is 3.62. The number of nitrogens with zero attached hydrogens (tertiary/aromatic N) is 1. The van der Waals surface area contributed by atoms with Gasteiger partial charge in [-0.3, -0.25) is 0 Å². The Hall–Kier alpha value is -3.15. The van der Waals surface area contributed by atoms with Crippen molar-refractivity contribution in [3.05, 3.63) is 48.0 Å². The van der Waals surface area contributed by atoms with Gasteiger partial charge in [-0.25, -0.2) is 0 Å². The van der Waals surface area contributed by atoms with Gasteiger partial charge in [-0.1, -0.05) is 12.1 Å². The molecule has 0 atom stereocenters. The second-order valence-electron chi connectivity index (χ2n) is 4.88. The molecule has 0 aliphatic heterocycles. The van der Waals surface area contributed by atoms with Crippen LogP contribution in [0.4, 0.5) is 0 Å². The van der Waals surface area contributed by atoms with Crippen LogP contribution in [0.2, 0.25) is 0 Å². The van der Waals surface area contributed by atoms with E-state index in [4.69, 9.17) is 19.7 Å². The van der Waals surface area contributed by atoms with Gasteiger partial charge in [-0.2, -0.15) is 5.10 Å². The average Bonchev–Trinajstić information content (AvgIpc) is 2.60. The molecule has 0 unspecified atom stereocenters. The van der Waals surface area contributed by atoms with Crippen LogP contribution in [0, 0.1) is 0 Å². The van der Waals surface area contributed by atoms with Gasteiger partial charge in [0.1, 0.15) is 34.5 Å². The fourth-order valence-electron chi connectivity index (χ4n) is 2.45. The molecular formula is C17H16N2O4. The standard InChI is InChI=1S/C17H16N2O4/c1-21-11-5-3-10(4-6-11)13-9-23-15-8-12(22-2)7-14(20)16(15)17(13)19-18/h3-9,20H,18H2,1-2H3/b19-17+. The number of hydrogen-bond acceptors (Lipinski definition) is 6. The zero-order valence-electron chi connectivity index (χ0n) is 12.7. The van der Waals surface area contributed by atoms with Crippen molar-refractivity contribution in [2.45, 2.75) is 0 Å². The van der Waals surface area contributed by atoms with Gasteiger partial charge in [-0.15, -0.1) is 0 Å². The van der Waals surface area contributed by atoms with Gasteiger partial charge in [0, 0.05) is 17.7 Å². The Kier molecular flexibility index (Phi) is 3.80. The van der Waals surface area contributed by atoms with Crippen LogP contribution in [-0.2, 0) is 0 Å². The van der Waals surface area contributed by atoms with E-state index in [2.05, 4.69) is 5.10 Å². The highest BCUT2D eigenvalue weighted by Gasteiger charge is 2.13. The van der Waals surface area contributed by atoms with Crippen molar-refractivity contribution in [3.8, 4) is 28.4 Å². The number of nitrogens with two attached hydrogens (primary N) is 1. The SMILES string of the molecule is COc1ccc(-c2coc3cc(OC)cc(O)c3/c2=N/N)cc1. The summed E-state index contributed by atoms with van der Waals surface area (Å²) in [7, 11) is 3.12. The second-order valence-corrected chi connectivity index (χ2v) is 4.88. The van der Waals surface area contributed by atoms with Gasteiger partial charge in [0.15, 0.2) is 0 Å². The molecule has 1 aromatic heterocycles. The number of fused-ring (bicyclic) bond motifs is 1. The minimum Gasteiger partial charge on any atom is -0.507 e. The Bertz CT molecular complexity index is 914. The third-order valence-electron chi connectivity index (χ3n) is 3.62. The summed E-state index contributed by atoms with van der Waals surface area (Å²) in [6, 6.07) is 10.5. The van der Waals surface area contributed by atoms with Crippen molar-refractivity contribution < 1.29 is 19.0 Å². The fraction of sp³-hybridized carbons (Fsp3) is 0.118. The van der Waals surface area contributed by atoms with E-state index in [-0.39, 0.29) is 5.75 Å². The van der Waals surface area contributed by atoms with Gasteiger partial charge in [0.25, 0.3) is 0 Å². The zero-order valence-corrected chi connectivity index (χ0v) is 12.7. The van der Waals surface area contributed by atoms with Crippen LogP contribution in [0.1, 0.15) is 0 Å². The molecule has 2 aromatic carbocycles. The molecule has 0 aliphatic rings. The molecule has 0 saturated heterocycles. The molecule has 0 spiro atoms. The van der Waals surface area contributed by atoms with Crippen molar-refractivity contribution in [2.24, 2.45) is 10.9 Å². The van der Waals surface area contributed by atoms with Gasteiger partial charge < -0.3 is 24.8 Å². The summed E-state index contributed by atoms with van der Waals surface area (Å²) in [5.41, 5.74) is 1.95. The first-order valence-electron chi connectivity index (χ1n) is 6.88. The second kappa shape index (κ2) is 5.92. The summed E-state index contributed by atoms with van der Waals surface area (Å²) < 4.78 is 15.9. The molecule has 0 aliphatic carbocycles. The smallest absolute Gasteiger partial charge is 0.143 e. The predicted octanol–water partition coefficient (Wildman–Crippen LogP) is 2.60. The van der Waals surface area contributed by atoms with Gasteiger partial charge in [0.05, 0.1) is 19.6 Å². The number of aromatic hydroxyl groups is 1. The van der Waals surface area contributed by atoms with Gasteiger partial charge >= 0.3 is 0 Å². The lowest BCUT2D eigenvalue weighted by atomic mass is 10.0. The number of phenols is 1. The summed E-state index contributed by atoms with van der Waals surface area (Å²) >= 11 is 0. The van der Waals surface area contributed by atoms with Crippen LogP contribution >= 0.6 is 0 Å². The first-order chi connectivity index (χ1) is 11.2. The Morgan fingerprint density at radius 3 is 2.35 bits per heavy atom. The molecule has 6 heteroatoms. The Balaban J connectivity index is 2.28. The molecule has 0 radical (unpaired) electrons. The lowest BCUT2D eigenvalue weighted by Crippen LogP contribution is -2.11. The number of ether oxygens (including phenoxy) is 2. The minimum atomic E-state index is -0.0114. The molecule has 3 rings (SSSR count). The van der Waals surface area contributed by atoms with E-state index in [1.165, 1.54) is 13.2 Å². The summed E-state index contributed by atoms with van der Waals surface area (Å²) in [5.74, 6) is 6.78. The largest absolute Gasteiger partial charge is 0.507 e. The molecular weight excluding hydrogens is 296 g/mol. The van der Waals surface area contributed by atoms with Crippen LogP contribution in [0.3, 0.4) is 0 Å². The van der Waals surface area contributed by atoms with Gasteiger partial charge in [0.2, 0.25) is 0 Å². The Labute approximate surface area is 132 Å². The molecule has 1 heterocycles. The summed E-state index contributed by atoms with van der Waals surface area (Å²) in [6.07, 6.45) is 1.55. The van der Waals surface area contributed by atoms with Crippen molar-refractivity contribution in [1.29, 1.82) is 0 Å². The van der Waals surface area contributed by atoms with Crippen LogP contribution in [0.5, 0.6) is 17.2 Å². The van der Waals surface area contributed by atoms with E-state index in [9.17, 15) is 5.11 Å². The van der Waals surface area contributed by atoms with Gasteiger partial charge in [-0.05, 0) is 17.7 Å². The monoisotopic (exact) mass is 312 g/mol. The van der Waals surface area contributed by atoms with E-state index in [1.54, 1.807) is 19.4 Å². The van der Waals surface area contributed by atoms with Crippen molar-refractivity contribution in [2.75, 3.05) is 14.2 Å². The maximum atomic E-state index is 10.3. The highest BCUT2D eigenvalue weighted by Crippen LogP contribution is 2.30. The number of methoxy groups -OCH3 is 2. The Morgan fingerprint density at radius 2 is 1.74 bits per heavy atom. The number of benzene rings is 2. The van der Waals surface area contributed by atoms with E-state index in [1.807, 2.05) is 24.3 Å². The number of rotatable bonds is 3. The Morgan fingerprint density at radius 1 is 1.04 bits per heavy atom. The van der Waals surface area contributed by atoms with Crippen molar-refractivity contribution in [1.82, 2.24) is 0 Å². The quantitative estimate of drug-likeness (QED) is 0.573. The van der Waals surface area contributed by atoms with E-state index in [0.717, 1.165) is 11.3 Å². The summed E-state index contributed by atoms with van der Waals surface area (Å²) in [5, 5.41) is 15.0. The van der Waals surface area contributed by atoms with Crippen LogP contribution < -0.4 is 20.7 Å².